The molecule has 0 saturated heterocycles. The molecule has 0 fully saturated rings. The molecule has 0 saturated carbocycles. The highest BCUT2D eigenvalue weighted by Crippen LogP contribution is 2.20. The zero-order valence-corrected chi connectivity index (χ0v) is 6.67. The van der Waals surface area contributed by atoms with Gasteiger partial charge in [-0.15, -0.1) is 0 Å². The summed E-state index contributed by atoms with van der Waals surface area (Å²) in [6, 6.07) is 0. The van der Waals surface area contributed by atoms with Crippen molar-refractivity contribution in [3.05, 3.63) is 21.4 Å². The molecule has 0 aliphatic carbocycles. The second-order valence-electron chi connectivity index (χ2n) is 1.39. The molecule has 0 spiro atoms. The average Bonchev–Trinajstić information content (AvgIpc) is 1.84. The molecule has 0 atom stereocenters. The minimum absolute atomic E-state index is 0.104. The van der Waals surface area contributed by atoms with Gasteiger partial charge < -0.3 is 0 Å². The van der Waals surface area contributed by atoms with Crippen molar-refractivity contribution in [2.24, 2.45) is 0 Å². The van der Waals surface area contributed by atoms with Gasteiger partial charge in [0.1, 0.15) is 0 Å². The number of rotatable bonds is 0. The van der Waals surface area contributed by atoms with Gasteiger partial charge in [0.2, 0.25) is 0 Å². The van der Waals surface area contributed by atoms with E-state index in [1.165, 1.54) is 0 Å². The summed E-state index contributed by atoms with van der Waals surface area (Å²) in [5, 5.41) is -0.675. The molecular formula is C4Cl3FN2. The van der Waals surface area contributed by atoms with E-state index in [4.69, 9.17) is 34.8 Å². The second-order valence-corrected chi connectivity index (χ2v) is 2.46. The van der Waals surface area contributed by atoms with Crippen LogP contribution in [-0.4, -0.2) is 9.97 Å². The van der Waals surface area contributed by atoms with Crippen LogP contribution in [0.1, 0.15) is 0 Å². The third-order valence-electron chi connectivity index (χ3n) is 0.733. The summed E-state index contributed by atoms with van der Waals surface area (Å²) < 4.78 is 12.3. The lowest BCUT2D eigenvalue weighted by molar-refractivity contribution is 0.577. The highest BCUT2D eigenvalue weighted by molar-refractivity contribution is 6.40. The number of hydrogen-bond donors (Lipinski definition) is 0. The molecule has 1 aromatic rings. The molecule has 0 bridgehead atoms. The Bertz CT molecular complexity index is 215. The molecule has 0 unspecified atom stereocenters. The third kappa shape index (κ3) is 1.48. The Hall–Kier alpha value is -0.120. The molecule has 6 heteroatoms. The van der Waals surface area contributed by atoms with Crippen molar-refractivity contribution in [2.45, 2.75) is 0 Å². The first-order valence-electron chi connectivity index (χ1n) is 2.15. The molecule has 1 heterocycles. The standard InChI is InChI=1S/C4Cl3FN2/c5-1-2(6)10-4(8)3(7)9-1. The number of aromatic nitrogens is 2. The fraction of sp³-hybridized carbons (Fsp3) is 0. The lowest BCUT2D eigenvalue weighted by Gasteiger charge is -1.94. The maximum atomic E-state index is 12.3. The van der Waals surface area contributed by atoms with Gasteiger partial charge in [-0.25, -0.2) is 9.97 Å². The Morgan fingerprint density at radius 1 is 0.900 bits per heavy atom. The Morgan fingerprint density at radius 2 is 1.40 bits per heavy atom. The van der Waals surface area contributed by atoms with Gasteiger partial charge in [0.15, 0.2) is 15.5 Å². The Labute approximate surface area is 70.9 Å². The molecule has 0 aliphatic rings. The van der Waals surface area contributed by atoms with Crippen molar-refractivity contribution >= 4 is 34.8 Å². The van der Waals surface area contributed by atoms with E-state index in [1.54, 1.807) is 0 Å². The van der Waals surface area contributed by atoms with E-state index in [0.29, 0.717) is 0 Å². The third-order valence-corrected chi connectivity index (χ3v) is 1.60. The first-order valence-corrected chi connectivity index (χ1v) is 3.28. The summed E-state index contributed by atoms with van der Waals surface area (Å²) in [5.41, 5.74) is 0. The van der Waals surface area contributed by atoms with Crippen molar-refractivity contribution in [1.29, 1.82) is 0 Å². The van der Waals surface area contributed by atoms with E-state index in [0.717, 1.165) is 0 Å². The first-order chi connectivity index (χ1) is 4.61. The summed E-state index contributed by atoms with van der Waals surface area (Å²) in [4.78, 5) is 6.48. The van der Waals surface area contributed by atoms with Gasteiger partial charge in [0.05, 0.1) is 0 Å². The molecular weight excluding hydrogens is 201 g/mol. The highest BCUT2D eigenvalue weighted by atomic mass is 35.5. The molecule has 0 amide bonds. The zero-order chi connectivity index (χ0) is 7.72. The molecule has 10 heavy (non-hydrogen) atoms. The van der Waals surface area contributed by atoms with Crippen LogP contribution in [0.2, 0.25) is 15.5 Å². The Kier molecular flexibility index (Phi) is 2.28. The molecule has 2 nitrogen and oxygen atoms in total. The van der Waals surface area contributed by atoms with E-state index in [2.05, 4.69) is 9.97 Å². The van der Waals surface area contributed by atoms with Crippen LogP contribution < -0.4 is 0 Å². The van der Waals surface area contributed by atoms with Crippen LogP contribution in [0, 0.1) is 5.95 Å². The fourth-order valence-corrected chi connectivity index (χ4v) is 0.770. The monoisotopic (exact) mass is 200 g/mol. The number of halogens is 4. The van der Waals surface area contributed by atoms with Gasteiger partial charge in [0.25, 0.3) is 5.95 Å². The smallest absolute Gasteiger partial charge is 0.216 e. The van der Waals surface area contributed by atoms with E-state index in [9.17, 15) is 4.39 Å². The van der Waals surface area contributed by atoms with Crippen LogP contribution in [0.15, 0.2) is 0 Å². The van der Waals surface area contributed by atoms with E-state index in [-0.39, 0.29) is 15.5 Å². The van der Waals surface area contributed by atoms with E-state index >= 15 is 0 Å². The molecule has 1 aromatic heterocycles. The summed E-state index contributed by atoms with van der Waals surface area (Å²) >= 11 is 15.8. The maximum absolute atomic E-state index is 12.3. The predicted molar refractivity (Wildman–Crippen MR) is 37.0 cm³/mol. The van der Waals surface area contributed by atoms with Crippen LogP contribution in [-0.2, 0) is 0 Å². The predicted octanol–water partition coefficient (Wildman–Crippen LogP) is 2.58. The van der Waals surface area contributed by atoms with Gasteiger partial charge in [-0.1, -0.05) is 34.8 Å². The Balaban J connectivity index is 3.28. The fourth-order valence-electron chi connectivity index (χ4n) is 0.357. The summed E-state index contributed by atoms with van der Waals surface area (Å²) in [7, 11) is 0. The maximum Gasteiger partial charge on any atom is 0.252 e. The summed E-state index contributed by atoms with van der Waals surface area (Å²) in [6.07, 6.45) is 0. The molecule has 0 aromatic carbocycles. The second kappa shape index (κ2) is 2.86. The quantitative estimate of drug-likeness (QED) is 0.645. The average molecular weight is 201 g/mol. The zero-order valence-electron chi connectivity index (χ0n) is 4.41. The highest BCUT2D eigenvalue weighted by Gasteiger charge is 2.07. The lowest BCUT2D eigenvalue weighted by Crippen LogP contribution is -1.89. The van der Waals surface area contributed by atoms with Crippen molar-refractivity contribution in [3.63, 3.8) is 0 Å². The Morgan fingerprint density at radius 3 is 1.90 bits per heavy atom. The van der Waals surface area contributed by atoms with Gasteiger partial charge in [-0.3, -0.25) is 0 Å². The number of hydrogen-bond acceptors (Lipinski definition) is 2. The minimum Gasteiger partial charge on any atom is -0.216 e. The van der Waals surface area contributed by atoms with Gasteiger partial charge in [-0.2, -0.15) is 4.39 Å². The van der Waals surface area contributed by atoms with Crippen LogP contribution in [0.4, 0.5) is 4.39 Å². The van der Waals surface area contributed by atoms with Crippen LogP contribution in [0.5, 0.6) is 0 Å². The summed E-state index contributed by atoms with van der Waals surface area (Å²) in [5.74, 6) is -0.920. The lowest BCUT2D eigenvalue weighted by atomic mass is 10.7. The SMILES string of the molecule is Fc1nc(Cl)c(Cl)nc1Cl. The molecule has 0 aliphatic heterocycles. The van der Waals surface area contributed by atoms with Crippen LogP contribution in [0.3, 0.4) is 0 Å². The van der Waals surface area contributed by atoms with Crippen molar-refractivity contribution in [2.75, 3.05) is 0 Å². The van der Waals surface area contributed by atoms with Crippen LogP contribution in [0.25, 0.3) is 0 Å². The number of nitrogens with zero attached hydrogens (tertiary/aromatic N) is 2. The summed E-state index contributed by atoms with van der Waals surface area (Å²) in [6.45, 7) is 0. The van der Waals surface area contributed by atoms with Crippen LogP contribution >= 0.6 is 34.8 Å². The normalized spacial score (nSPS) is 10.0. The van der Waals surface area contributed by atoms with E-state index in [1.807, 2.05) is 0 Å². The molecule has 0 radical (unpaired) electrons. The topological polar surface area (TPSA) is 25.8 Å². The molecule has 1 rings (SSSR count). The van der Waals surface area contributed by atoms with E-state index < -0.39 is 5.95 Å². The molecule has 0 N–H and O–H groups in total. The van der Waals surface area contributed by atoms with Crippen molar-refractivity contribution in [1.82, 2.24) is 9.97 Å². The van der Waals surface area contributed by atoms with Crippen molar-refractivity contribution in [3.8, 4) is 0 Å². The van der Waals surface area contributed by atoms with Gasteiger partial charge >= 0.3 is 0 Å². The molecule has 54 valence electrons. The minimum atomic E-state index is -0.920. The van der Waals surface area contributed by atoms with Gasteiger partial charge in [-0.05, 0) is 0 Å². The van der Waals surface area contributed by atoms with Crippen molar-refractivity contribution < 1.29 is 4.39 Å². The largest absolute Gasteiger partial charge is 0.252 e. The van der Waals surface area contributed by atoms with Gasteiger partial charge in [0, 0.05) is 0 Å². The first kappa shape index (κ1) is 7.98.